The molecule has 0 radical (unpaired) electrons. The molecule has 8 heteroatoms. The summed E-state index contributed by atoms with van der Waals surface area (Å²) < 4.78 is 39.5. The van der Waals surface area contributed by atoms with Gasteiger partial charge in [-0.2, -0.15) is 13.2 Å². The van der Waals surface area contributed by atoms with Crippen LogP contribution >= 0.6 is 11.6 Å². The third-order valence-electron chi connectivity index (χ3n) is 2.43. The summed E-state index contributed by atoms with van der Waals surface area (Å²) in [5.74, 6) is 0. The van der Waals surface area contributed by atoms with Crippen molar-refractivity contribution in [3.8, 4) is 5.69 Å². The van der Waals surface area contributed by atoms with Crippen molar-refractivity contribution in [2.75, 3.05) is 7.05 Å². The molecule has 0 aliphatic heterocycles. The summed E-state index contributed by atoms with van der Waals surface area (Å²) in [4.78, 5) is 0. The van der Waals surface area contributed by atoms with Crippen LogP contribution in [0, 0.1) is 0 Å². The molecule has 1 aromatic heterocycles. The number of rotatable bonds is 3. The minimum atomic E-state index is -4.45. The van der Waals surface area contributed by atoms with E-state index in [1.165, 1.54) is 16.9 Å². The molecule has 0 amide bonds. The van der Waals surface area contributed by atoms with E-state index in [-0.39, 0.29) is 10.7 Å². The Morgan fingerprint density at radius 2 is 2.05 bits per heavy atom. The number of alkyl halides is 3. The fourth-order valence-corrected chi connectivity index (χ4v) is 1.86. The summed E-state index contributed by atoms with van der Waals surface area (Å²) in [7, 11) is 1.72. The molecule has 4 nitrogen and oxygen atoms in total. The van der Waals surface area contributed by atoms with Gasteiger partial charge in [-0.05, 0) is 25.2 Å². The zero-order chi connectivity index (χ0) is 14.0. The molecular formula is C11H10ClF3N4. The zero-order valence-electron chi connectivity index (χ0n) is 9.87. The quantitative estimate of drug-likeness (QED) is 0.945. The standard InChI is InChI=1S/C11H10ClF3N4/c1-16-5-10-6-17-18-19(10)9-3-7(11(13,14)15)2-8(12)4-9/h2-4,6,16H,5H2,1H3. The Hall–Kier alpha value is -1.60. The number of nitrogens with zero attached hydrogens (tertiary/aromatic N) is 3. The van der Waals surface area contributed by atoms with Crippen LogP contribution in [0.4, 0.5) is 13.2 Å². The van der Waals surface area contributed by atoms with E-state index in [0.717, 1.165) is 12.1 Å². The van der Waals surface area contributed by atoms with Gasteiger partial charge in [-0.3, -0.25) is 0 Å². The van der Waals surface area contributed by atoms with Crippen LogP contribution in [0.3, 0.4) is 0 Å². The molecule has 2 aromatic rings. The molecule has 0 saturated carbocycles. The summed E-state index contributed by atoms with van der Waals surface area (Å²) in [6.45, 7) is 0.431. The summed E-state index contributed by atoms with van der Waals surface area (Å²) in [6.07, 6.45) is -2.98. The van der Waals surface area contributed by atoms with Gasteiger partial charge in [-0.1, -0.05) is 16.8 Å². The molecule has 1 heterocycles. The second-order valence-corrected chi connectivity index (χ2v) is 4.30. The smallest absolute Gasteiger partial charge is 0.314 e. The Morgan fingerprint density at radius 3 is 2.68 bits per heavy atom. The molecule has 1 N–H and O–H groups in total. The molecule has 0 saturated heterocycles. The number of benzene rings is 1. The molecule has 0 aliphatic rings. The van der Waals surface area contributed by atoms with E-state index >= 15 is 0 Å². The van der Waals surface area contributed by atoms with Crippen molar-refractivity contribution >= 4 is 11.6 Å². The van der Waals surface area contributed by atoms with Gasteiger partial charge in [0.1, 0.15) is 0 Å². The van der Waals surface area contributed by atoms with Gasteiger partial charge in [0, 0.05) is 11.6 Å². The predicted molar refractivity (Wildman–Crippen MR) is 64.1 cm³/mol. The number of hydrogen-bond donors (Lipinski definition) is 1. The van der Waals surface area contributed by atoms with Crippen LogP contribution in [0.1, 0.15) is 11.3 Å². The van der Waals surface area contributed by atoms with E-state index in [2.05, 4.69) is 15.6 Å². The molecular weight excluding hydrogens is 281 g/mol. The van der Waals surface area contributed by atoms with Crippen molar-refractivity contribution in [1.82, 2.24) is 20.3 Å². The first-order valence-corrected chi connectivity index (χ1v) is 5.72. The van der Waals surface area contributed by atoms with E-state index in [0.29, 0.717) is 12.2 Å². The molecule has 0 unspecified atom stereocenters. The van der Waals surface area contributed by atoms with Crippen LogP contribution in [0.15, 0.2) is 24.4 Å². The van der Waals surface area contributed by atoms with Gasteiger partial charge in [-0.25, -0.2) is 4.68 Å². The molecule has 0 spiro atoms. The average molecular weight is 291 g/mol. The Morgan fingerprint density at radius 1 is 1.32 bits per heavy atom. The number of nitrogens with one attached hydrogen (secondary N) is 1. The third kappa shape index (κ3) is 3.05. The highest BCUT2D eigenvalue weighted by atomic mass is 35.5. The predicted octanol–water partition coefficient (Wildman–Crippen LogP) is 2.66. The Balaban J connectivity index is 2.50. The SMILES string of the molecule is CNCc1cnnn1-c1cc(Cl)cc(C(F)(F)F)c1. The van der Waals surface area contributed by atoms with Gasteiger partial charge in [0.05, 0.1) is 23.1 Å². The highest BCUT2D eigenvalue weighted by molar-refractivity contribution is 6.30. The number of aromatic nitrogens is 3. The maximum absolute atomic E-state index is 12.7. The van der Waals surface area contributed by atoms with Crippen molar-refractivity contribution < 1.29 is 13.2 Å². The van der Waals surface area contributed by atoms with Crippen LogP contribution in [-0.2, 0) is 12.7 Å². The average Bonchev–Trinajstić information content (AvgIpc) is 2.76. The lowest BCUT2D eigenvalue weighted by Gasteiger charge is -2.11. The first-order chi connectivity index (χ1) is 8.91. The molecule has 2 rings (SSSR count). The van der Waals surface area contributed by atoms with Crippen LogP contribution in [0.2, 0.25) is 5.02 Å². The Kier molecular flexibility index (Phi) is 3.77. The highest BCUT2D eigenvalue weighted by Gasteiger charge is 2.31. The summed E-state index contributed by atoms with van der Waals surface area (Å²) in [6, 6.07) is 3.27. The summed E-state index contributed by atoms with van der Waals surface area (Å²) >= 11 is 5.73. The molecule has 0 atom stereocenters. The van der Waals surface area contributed by atoms with Crippen molar-refractivity contribution in [1.29, 1.82) is 0 Å². The molecule has 0 aliphatic carbocycles. The molecule has 0 fully saturated rings. The van der Waals surface area contributed by atoms with Gasteiger partial charge in [0.15, 0.2) is 0 Å². The van der Waals surface area contributed by atoms with Gasteiger partial charge in [0.25, 0.3) is 0 Å². The lowest BCUT2D eigenvalue weighted by atomic mass is 10.2. The largest absolute Gasteiger partial charge is 0.416 e. The maximum Gasteiger partial charge on any atom is 0.416 e. The third-order valence-corrected chi connectivity index (χ3v) is 2.65. The fourth-order valence-electron chi connectivity index (χ4n) is 1.64. The van der Waals surface area contributed by atoms with Gasteiger partial charge in [0.2, 0.25) is 0 Å². The number of halogens is 4. The Labute approximate surface area is 112 Å². The normalized spacial score (nSPS) is 11.8. The lowest BCUT2D eigenvalue weighted by molar-refractivity contribution is -0.137. The van der Waals surface area contributed by atoms with Crippen LogP contribution in [0.25, 0.3) is 5.69 Å². The zero-order valence-corrected chi connectivity index (χ0v) is 10.6. The topological polar surface area (TPSA) is 42.7 Å². The van der Waals surface area contributed by atoms with Crippen molar-refractivity contribution in [3.05, 3.63) is 40.7 Å². The van der Waals surface area contributed by atoms with E-state index in [9.17, 15) is 13.2 Å². The van der Waals surface area contributed by atoms with E-state index < -0.39 is 11.7 Å². The number of hydrogen-bond acceptors (Lipinski definition) is 3. The second kappa shape index (κ2) is 5.18. The minimum absolute atomic E-state index is 0.00395. The monoisotopic (exact) mass is 290 g/mol. The van der Waals surface area contributed by atoms with Crippen molar-refractivity contribution in [2.45, 2.75) is 12.7 Å². The van der Waals surface area contributed by atoms with Crippen LogP contribution in [-0.4, -0.2) is 22.0 Å². The molecule has 1 aromatic carbocycles. The van der Waals surface area contributed by atoms with Gasteiger partial charge >= 0.3 is 6.18 Å². The fraction of sp³-hybridized carbons (Fsp3) is 0.273. The van der Waals surface area contributed by atoms with Crippen LogP contribution < -0.4 is 5.32 Å². The van der Waals surface area contributed by atoms with Crippen molar-refractivity contribution in [2.24, 2.45) is 0 Å². The second-order valence-electron chi connectivity index (χ2n) is 3.86. The van der Waals surface area contributed by atoms with Gasteiger partial charge < -0.3 is 5.32 Å². The van der Waals surface area contributed by atoms with Crippen molar-refractivity contribution in [3.63, 3.8) is 0 Å². The van der Waals surface area contributed by atoms with E-state index in [1.807, 2.05) is 0 Å². The molecule has 102 valence electrons. The van der Waals surface area contributed by atoms with Gasteiger partial charge in [-0.15, -0.1) is 5.10 Å². The van der Waals surface area contributed by atoms with E-state index in [1.54, 1.807) is 7.05 Å². The molecule has 19 heavy (non-hydrogen) atoms. The first kappa shape index (κ1) is 13.8. The van der Waals surface area contributed by atoms with E-state index in [4.69, 9.17) is 11.6 Å². The Bertz CT molecular complexity index is 580. The summed E-state index contributed by atoms with van der Waals surface area (Å²) in [5, 5.41) is 10.3. The first-order valence-electron chi connectivity index (χ1n) is 5.34. The van der Waals surface area contributed by atoms with Crippen LogP contribution in [0.5, 0.6) is 0 Å². The summed E-state index contributed by atoms with van der Waals surface area (Å²) in [5.41, 5.74) is 0.0429. The lowest BCUT2D eigenvalue weighted by Crippen LogP contribution is -2.12. The highest BCUT2D eigenvalue weighted by Crippen LogP contribution is 2.32. The molecule has 0 bridgehead atoms. The maximum atomic E-state index is 12.7. The minimum Gasteiger partial charge on any atom is -0.314 e.